The fourth-order valence-electron chi connectivity index (χ4n) is 7.89. The third-order valence-corrected chi connectivity index (χ3v) is 10.2. The number of aromatic nitrogens is 4. The Morgan fingerprint density at radius 1 is 0.392 bits per heavy atom. The number of rotatable bonds is 4. The van der Waals surface area contributed by atoms with E-state index in [4.69, 9.17) is 14.4 Å². The zero-order chi connectivity index (χ0) is 33.5. The lowest BCUT2D eigenvalue weighted by molar-refractivity contribution is 0.651. The molecule has 0 aliphatic carbocycles. The van der Waals surface area contributed by atoms with E-state index in [0.717, 1.165) is 66.2 Å². The van der Waals surface area contributed by atoms with E-state index in [2.05, 4.69) is 173 Å². The smallest absolute Gasteiger partial charge is 0.238 e. The van der Waals surface area contributed by atoms with Gasteiger partial charge < -0.3 is 8.98 Å². The Balaban J connectivity index is 1.14. The summed E-state index contributed by atoms with van der Waals surface area (Å²) in [6.45, 7) is 0. The Bertz CT molecular complexity index is 3080. The number of hydrogen-bond donors (Lipinski definition) is 0. The van der Waals surface area contributed by atoms with Crippen molar-refractivity contribution in [2.75, 3.05) is 0 Å². The summed E-state index contributed by atoms with van der Waals surface area (Å²) in [5, 5.41) is 6.66. The van der Waals surface area contributed by atoms with Gasteiger partial charge in [0.05, 0.1) is 33.1 Å². The molecule has 11 aromatic rings. The van der Waals surface area contributed by atoms with E-state index in [1.807, 2.05) is 6.07 Å². The molecule has 238 valence electrons. The van der Waals surface area contributed by atoms with Gasteiger partial charge in [0.25, 0.3) is 0 Å². The van der Waals surface area contributed by atoms with Gasteiger partial charge in [-0.3, -0.25) is 4.57 Å². The van der Waals surface area contributed by atoms with Gasteiger partial charge in [0.15, 0.2) is 0 Å². The van der Waals surface area contributed by atoms with Crippen LogP contribution in [0.2, 0.25) is 0 Å². The lowest BCUT2D eigenvalue weighted by Crippen LogP contribution is -2.02. The molecule has 0 saturated heterocycles. The fourth-order valence-corrected chi connectivity index (χ4v) is 7.89. The number of furan rings is 1. The fraction of sp³-hybridized carbons (Fsp3) is 0. The normalized spacial score (nSPS) is 11.9. The van der Waals surface area contributed by atoms with E-state index in [1.54, 1.807) is 0 Å². The van der Waals surface area contributed by atoms with Gasteiger partial charge in [-0.2, -0.15) is 4.98 Å². The molecule has 5 nitrogen and oxygen atoms in total. The van der Waals surface area contributed by atoms with Crippen molar-refractivity contribution < 1.29 is 4.42 Å². The van der Waals surface area contributed by atoms with Crippen LogP contribution >= 0.6 is 0 Å². The van der Waals surface area contributed by atoms with Gasteiger partial charge in [-0.05, 0) is 65.7 Å². The van der Waals surface area contributed by atoms with Crippen LogP contribution in [0, 0.1) is 0 Å². The molecule has 0 spiro atoms. The summed E-state index contributed by atoms with van der Waals surface area (Å²) < 4.78 is 11.1. The molecule has 7 aromatic carbocycles. The molecular weight excluding hydrogens is 625 g/mol. The van der Waals surface area contributed by atoms with E-state index in [0.29, 0.717) is 11.7 Å². The maximum atomic E-state index is 6.58. The van der Waals surface area contributed by atoms with Gasteiger partial charge >= 0.3 is 0 Å². The Hall–Kier alpha value is -6.98. The molecule has 0 aliphatic rings. The summed E-state index contributed by atoms with van der Waals surface area (Å²) in [5.74, 6) is 0.582. The zero-order valence-electron chi connectivity index (χ0n) is 27.4. The van der Waals surface area contributed by atoms with Crippen molar-refractivity contribution in [2.24, 2.45) is 0 Å². The Kier molecular flexibility index (Phi) is 5.89. The first-order valence-corrected chi connectivity index (χ1v) is 17.2. The highest BCUT2D eigenvalue weighted by molar-refractivity contribution is 6.14. The first-order chi connectivity index (χ1) is 25.3. The first-order valence-electron chi connectivity index (χ1n) is 17.2. The molecule has 4 heterocycles. The molecule has 0 N–H and O–H groups in total. The second kappa shape index (κ2) is 10.8. The van der Waals surface area contributed by atoms with Crippen LogP contribution in [-0.4, -0.2) is 19.1 Å². The average molecular weight is 653 g/mol. The number of benzene rings is 7. The highest BCUT2D eigenvalue weighted by atomic mass is 16.3. The molecule has 0 amide bonds. The van der Waals surface area contributed by atoms with Crippen molar-refractivity contribution in [3.05, 3.63) is 170 Å². The van der Waals surface area contributed by atoms with Gasteiger partial charge in [-0.1, -0.05) is 115 Å². The summed E-state index contributed by atoms with van der Waals surface area (Å²) in [7, 11) is 0. The molecular formula is C46H28N4O. The summed E-state index contributed by atoms with van der Waals surface area (Å²) in [6, 6.07) is 59.6. The molecule has 0 atom stereocenters. The van der Waals surface area contributed by atoms with Gasteiger partial charge in [0, 0.05) is 38.2 Å². The maximum absolute atomic E-state index is 6.58. The van der Waals surface area contributed by atoms with Crippen LogP contribution in [0.25, 0.3) is 99.7 Å². The highest BCUT2D eigenvalue weighted by Gasteiger charge is 2.21. The van der Waals surface area contributed by atoms with E-state index in [-0.39, 0.29) is 0 Å². The van der Waals surface area contributed by atoms with Crippen LogP contribution in [0.4, 0.5) is 0 Å². The second-order valence-electron chi connectivity index (χ2n) is 13.0. The number of hydrogen-bond acceptors (Lipinski definition) is 3. The van der Waals surface area contributed by atoms with Crippen LogP contribution in [0.1, 0.15) is 0 Å². The van der Waals surface area contributed by atoms with Crippen molar-refractivity contribution in [3.8, 4) is 34.0 Å². The van der Waals surface area contributed by atoms with E-state index in [1.165, 1.54) is 21.8 Å². The average Bonchev–Trinajstić information content (AvgIpc) is 3.85. The minimum atomic E-state index is 0.564. The lowest BCUT2D eigenvalue weighted by atomic mass is 9.99. The van der Waals surface area contributed by atoms with Gasteiger partial charge in [0.2, 0.25) is 11.7 Å². The maximum Gasteiger partial charge on any atom is 0.238 e. The van der Waals surface area contributed by atoms with Gasteiger partial charge in [-0.25, -0.2) is 4.98 Å². The first kappa shape index (κ1) is 27.9. The predicted octanol–water partition coefficient (Wildman–Crippen LogP) is 11.9. The van der Waals surface area contributed by atoms with Gasteiger partial charge in [-0.15, -0.1) is 0 Å². The number of nitrogens with zero attached hydrogens (tertiary/aromatic N) is 4. The van der Waals surface area contributed by atoms with Gasteiger partial charge in [0.1, 0.15) is 5.58 Å². The topological polar surface area (TPSA) is 48.8 Å². The van der Waals surface area contributed by atoms with E-state index in [9.17, 15) is 0 Å². The number of fused-ring (bicyclic) bond motifs is 9. The van der Waals surface area contributed by atoms with E-state index >= 15 is 0 Å². The van der Waals surface area contributed by atoms with Crippen LogP contribution in [0.5, 0.6) is 0 Å². The van der Waals surface area contributed by atoms with Crippen molar-refractivity contribution in [1.29, 1.82) is 0 Å². The quantitative estimate of drug-likeness (QED) is 0.190. The van der Waals surface area contributed by atoms with E-state index < -0.39 is 0 Å². The SMILES string of the molecule is c1ccc(-c2nc(-n3c4ccccc4c4ccccc43)nc3oc4ccc(-c5ccc6c(c5)c5ccccc5n6-c5ccccc5)cc4c23)cc1. The Morgan fingerprint density at radius 3 is 1.61 bits per heavy atom. The minimum absolute atomic E-state index is 0.564. The highest BCUT2D eigenvalue weighted by Crippen LogP contribution is 2.40. The molecule has 0 saturated carbocycles. The second-order valence-corrected chi connectivity index (χ2v) is 13.0. The third-order valence-electron chi connectivity index (χ3n) is 10.2. The summed E-state index contributed by atoms with van der Waals surface area (Å²) in [6.07, 6.45) is 0. The van der Waals surface area contributed by atoms with Crippen LogP contribution in [0.15, 0.2) is 174 Å². The number of para-hydroxylation sites is 4. The minimum Gasteiger partial charge on any atom is -0.437 e. The molecule has 5 heteroatoms. The molecule has 0 fully saturated rings. The predicted molar refractivity (Wildman–Crippen MR) is 209 cm³/mol. The molecule has 0 aliphatic heterocycles. The Labute approximate surface area is 292 Å². The lowest BCUT2D eigenvalue weighted by Gasteiger charge is -2.10. The zero-order valence-corrected chi connectivity index (χ0v) is 27.4. The van der Waals surface area contributed by atoms with Crippen molar-refractivity contribution in [3.63, 3.8) is 0 Å². The molecule has 0 unspecified atom stereocenters. The van der Waals surface area contributed by atoms with Crippen LogP contribution in [-0.2, 0) is 0 Å². The molecule has 0 radical (unpaired) electrons. The monoisotopic (exact) mass is 652 g/mol. The molecule has 0 bridgehead atoms. The van der Waals surface area contributed by atoms with Crippen LogP contribution in [0.3, 0.4) is 0 Å². The Morgan fingerprint density at radius 2 is 0.922 bits per heavy atom. The molecule has 11 rings (SSSR count). The van der Waals surface area contributed by atoms with Crippen molar-refractivity contribution >= 4 is 65.7 Å². The standard InChI is InChI=1S/C46H28N4O/c1-3-13-29(14-4-1)44-43-37-28-31(30-23-25-41-36(27-30)35-19-9-10-20-38(35)49(41)32-15-5-2-6-16-32)24-26-42(37)51-45(43)48-46(47-44)50-39-21-11-7-17-33(39)34-18-8-12-22-40(34)50/h1-28H. The van der Waals surface area contributed by atoms with Crippen molar-refractivity contribution in [2.45, 2.75) is 0 Å². The van der Waals surface area contributed by atoms with Crippen LogP contribution < -0.4 is 0 Å². The summed E-state index contributed by atoms with van der Waals surface area (Å²) in [4.78, 5) is 10.5. The molecule has 51 heavy (non-hydrogen) atoms. The molecule has 4 aromatic heterocycles. The largest absolute Gasteiger partial charge is 0.437 e. The van der Waals surface area contributed by atoms with Crippen molar-refractivity contribution in [1.82, 2.24) is 19.1 Å². The third kappa shape index (κ3) is 4.15. The summed E-state index contributed by atoms with van der Waals surface area (Å²) in [5.41, 5.74) is 11.1. The summed E-state index contributed by atoms with van der Waals surface area (Å²) >= 11 is 0.